The van der Waals surface area contributed by atoms with Gasteiger partial charge in [0.1, 0.15) is 5.78 Å². The van der Waals surface area contributed by atoms with Gasteiger partial charge in [0.05, 0.1) is 6.61 Å². The number of hydrogen-bond acceptors (Lipinski definition) is 2. The second-order valence-electron chi connectivity index (χ2n) is 5.27. The Morgan fingerprint density at radius 2 is 2.00 bits per heavy atom. The average molecular weight is 232 g/mol. The molecular formula is C15H20O2. The van der Waals surface area contributed by atoms with Crippen LogP contribution in [0, 0.1) is 5.92 Å². The van der Waals surface area contributed by atoms with Gasteiger partial charge in [-0.3, -0.25) is 4.79 Å². The van der Waals surface area contributed by atoms with Gasteiger partial charge in [-0.15, -0.1) is 0 Å². The van der Waals surface area contributed by atoms with Gasteiger partial charge in [0, 0.05) is 17.9 Å². The van der Waals surface area contributed by atoms with E-state index in [1.54, 1.807) is 0 Å². The summed E-state index contributed by atoms with van der Waals surface area (Å²) >= 11 is 0. The number of rotatable bonds is 3. The van der Waals surface area contributed by atoms with Crippen LogP contribution in [-0.2, 0) is 14.9 Å². The molecule has 0 saturated carbocycles. The molecule has 0 aromatic heterocycles. The van der Waals surface area contributed by atoms with Crippen molar-refractivity contribution in [1.29, 1.82) is 0 Å². The number of ketones is 1. The molecule has 1 aromatic carbocycles. The zero-order valence-corrected chi connectivity index (χ0v) is 10.6. The molecule has 17 heavy (non-hydrogen) atoms. The molecule has 2 nitrogen and oxygen atoms in total. The first-order valence-corrected chi connectivity index (χ1v) is 6.30. The van der Waals surface area contributed by atoms with Crippen LogP contribution in [0.3, 0.4) is 0 Å². The molecule has 0 radical (unpaired) electrons. The van der Waals surface area contributed by atoms with E-state index < -0.39 is 5.41 Å². The van der Waals surface area contributed by atoms with Crippen molar-refractivity contribution < 1.29 is 9.53 Å². The Morgan fingerprint density at radius 3 is 2.59 bits per heavy atom. The van der Waals surface area contributed by atoms with Crippen LogP contribution in [0.15, 0.2) is 30.3 Å². The lowest BCUT2D eigenvalue weighted by atomic mass is 9.74. The first kappa shape index (κ1) is 12.3. The van der Waals surface area contributed by atoms with Crippen molar-refractivity contribution in [2.24, 2.45) is 5.92 Å². The number of ether oxygens (including phenoxy) is 1. The molecule has 0 aliphatic carbocycles. The molecule has 0 N–H and O–H groups in total. The summed E-state index contributed by atoms with van der Waals surface area (Å²) < 4.78 is 5.41. The Bertz CT molecular complexity index is 375. The largest absolute Gasteiger partial charge is 0.381 e. The Labute approximate surface area is 103 Å². The second kappa shape index (κ2) is 5.01. The molecule has 0 amide bonds. The highest BCUT2D eigenvalue weighted by Crippen LogP contribution is 2.30. The quantitative estimate of drug-likeness (QED) is 0.801. The highest BCUT2D eigenvalue weighted by molar-refractivity contribution is 5.91. The lowest BCUT2D eigenvalue weighted by Gasteiger charge is -2.30. The summed E-state index contributed by atoms with van der Waals surface area (Å²) in [6.45, 7) is 5.42. The van der Waals surface area contributed by atoms with E-state index in [4.69, 9.17) is 4.74 Å². The van der Waals surface area contributed by atoms with Gasteiger partial charge in [0.25, 0.3) is 0 Å². The van der Waals surface area contributed by atoms with Crippen LogP contribution >= 0.6 is 0 Å². The lowest BCUT2D eigenvalue weighted by molar-refractivity contribution is -0.131. The lowest BCUT2D eigenvalue weighted by Crippen LogP contribution is -2.38. The number of hydrogen-bond donors (Lipinski definition) is 0. The van der Waals surface area contributed by atoms with Crippen molar-refractivity contribution in [2.45, 2.75) is 32.1 Å². The monoisotopic (exact) mass is 232 g/mol. The SMILES string of the molecule is CC(C)(C(=O)C1CCCOC1)c1ccccc1. The Balaban J connectivity index is 2.17. The number of carbonyl (C=O) groups excluding carboxylic acids is 1. The van der Waals surface area contributed by atoms with Crippen LogP contribution in [0.2, 0.25) is 0 Å². The third-order valence-corrected chi connectivity index (χ3v) is 3.64. The van der Waals surface area contributed by atoms with E-state index in [1.807, 2.05) is 44.2 Å². The van der Waals surface area contributed by atoms with Gasteiger partial charge in [-0.2, -0.15) is 0 Å². The van der Waals surface area contributed by atoms with Gasteiger partial charge < -0.3 is 4.74 Å². The van der Waals surface area contributed by atoms with Crippen molar-refractivity contribution in [3.05, 3.63) is 35.9 Å². The summed E-state index contributed by atoms with van der Waals surface area (Å²) in [6.07, 6.45) is 1.97. The molecular weight excluding hydrogens is 212 g/mol. The first-order valence-electron chi connectivity index (χ1n) is 6.30. The van der Waals surface area contributed by atoms with Gasteiger partial charge in [-0.1, -0.05) is 30.3 Å². The zero-order valence-electron chi connectivity index (χ0n) is 10.6. The molecule has 0 spiro atoms. The van der Waals surface area contributed by atoms with Gasteiger partial charge in [0.15, 0.2) is 0 Å². The van der Waals surface area contributed by atoms with E-state index in [0.29, 0.717) is 12.4 Å². The van der Waals surface area contributed by atoms with Crippen molar-refractivity contribution in [1.82, 2.24) is 0 Å². The van der Waals surface area contributed by atoms with Gasteiger partial charge in [-0.25, -0.2) is 0 Å². The summed E-state index contributed by atoms with van der Waals surface area (Å²) in [4.78, 5) is 12.5. The van der Waals surface area contributed by atoms with E-state index in [1.165, 1.54) is 0 Å². The molecule has 1 saturated heterocycles. The van der Waals surface area contributed by atoms with Crippen LogP contribution in [0.1, 0.15) is 32.3 Å². The maximum Gasteiger partial charge on any atom is 0.148 e. The zero-order chi connectivity index (χ0) is 12.3. The third-order valence-electron chi connectivity index (χ3n) is 3.64. The van der Waals surface area contributed by atoms with Crippen molar-refractivity contribution in [2.75, 3.05) is 13.2 Å². The molecule has 1 atom stereocenters. The molecule has 2 heteroatoms. The van der Waals surface area contributed by atoms with Gasteiger partial charge in [0.2, 0.25) is 0 Å². The first-order chi connectivity index (χ1) is 8.12. The Hall–Kier alpha value is -1.15. The molecule has 92 valence electrons. The second-order valence-corrected chi connectivity index (χ2v) is 5.27. The number of Topliss-reactive ketones (excluding diaryl/α,β-unsaturated/α-hetero) is 1. The molecule has 1 aromatic rings. The van der Waals surface area contributed by atoms with Crippen molar-refractivity contribution in [3.63, 3.8) is 0 Å². The minimum absolute atomic E-state index is 0.0685. The fourth-order valence-electron chi connectivity index (χ4n) is 2.45. The maximum absolute atomic E-state index is 12.5. The number of carbonyl (C=O) groups is 1. The predicted octanol–water partition coefficient (Wildman–Crippen LogP) is 2.96. The maximum atomic E-state index is 12.5. The molecule has 1 aliphatic heterocycles. The van der Waals surface area contributed by atoms with Crippen molar-refractivity contribution in [3.8, 4) is 0 Å². The van der Waals surface area contributed by atoms with Crippen LogP contribution in [-0.4, -0.2) is 19.0 Å². The fourth-order valence-corrected chi connectivity index (χ4v) is 2.45. The molecule has 1 unspecified atom stereocenters. The third kappa shape index (κ3) is 2.58. The van der Waals surface area contributed by atoms with Crippen LogP contribution in [0.25, 0.3) is 0 Å². The van der Waals surface area contributed by atoms with E-state index in [-0.39, 0.29) is 5.92 Å². The summed E-state index contributed by atoms with van der Waals surface area (Å²) in [5.74, 6) is 0.377. The molecule has 1 fully saturated rings. The summed E-state index contributed by atoms with van der Waals surface area (Å²) in [6, 6.07) is 10.0. The summed E-state index contributed by atoms with van der Waals surface area (Å²) in [5.41, 5.74) is 0.683. The van der Waals surface area contributed by atoms with E-state index >= 15 is 0 Å². The van der Waals surface area contributed by atoms with Gasteiger partial charge in [-0.05, 0) is 32.3 Å². The minimum atomic E-state index is -0.410. The molecule has 1 heterocycles. The predicted molar refractivity (Wildman–Crippen MR) is 68.0 cm³/mol. The van der Waals surface area contributed by atoms with Gasteiger partial charge >= 0.3 is 0 Å². The normalized spacial score (nSPS) is 21.2. The Morgan fingerprint density at radius 1 is 1.29 bits per heavy atom. The standard InChI is InChI=1S/C15H20O2/c1-15(2,13-8-4-3-5-9-13)14(16)12-7-6-10-17-11-12/h3-5,8-9,12H,6-7,10-11H2,1-2H3. The van der Waals surface area contributed by atoms with E-state index in [9.17, 15) is 4.79 Å². The molecule has 0 bridgehead atoms. The van der Waals surface area contributed by atoms with Crippen molar-refractivity contribution >= 4 is 5.78 Å². The fraction of sp³-hybridized carbons (Fsp3) is 0.533. The van der Waals surface area contributed by atoms with Crippen LogP contribution in [0.5, 0.6) is 0 Å². The van der Waals surface area contributed by atoms with Crippen LogP contribution in [0.4, 0.5) is 0 Å². The topological polar surface area (TPSA) is 26.3 Å². The van der Waals surface area contributed by atoms with E-state index in [2.05, 4.69) is 0 Å². The highest BCUT2D eigenvalue weighted by atomic mass is 16.5. The minimum Gasteiger partial charge on any atom is -0.381 e. The average Bonchev–Trinajstić information content (AvgIpc) is 2.40. The highest BCUT2D eigenvalue weighted by Gasteiger charge is 2.35. The Kier molecular flexibility index (Phi) is 3.63. The summed E-state index contributed by atoms with van der Waals surface area (Å²) in [7, 11) is 0. The van der Waals surface area contributed by atoms with E-state index in [0.717, 1.165) is 25.0 Å². The summed E-state index contributed by atoms with van der Waals surface area (Å²) in [5, 5.41) is 0. The number of benzene rings is 1. The van der Waals surface area contributed by atoms with Crippen LogP contribution < -0.4 is 0 Å². The molecule has 1 aliphatic rings. The smallest absolute Gasteiger partial charge is 0.148 e. The molecule has 2 rings (SSSR count).